The number of hydrogen-bond acceptors (Lipinski definition) is 4. The Morgan fingerprint density at radius 2 is 1.96 bits per heavy atom. The zero-order valence-corrected chi connectivity index (χ0v) is 14.8. The molecule has 2 aromatic carbocycles. The van der Waals surface area contributed by atoms with E-state index in [1.54, 1.807) is 36.4 Å². The normalized spacial score (nSPS) is 11.3. The minimum Gasteiger partial charge on any atom is -0.452 e. The Kier molecular flexibility index (Phi) is 6.40. The number of hydrogen-bond donors (Lipinski definition) is 1. The molecule has 0 radical (unpaired) electrons. The lowest BCUT2D eigenvalue weighted by Crippen LogP contribution is -2.30. The molecule has 1 N–H and O–H groups in total. The maximum absolute atomic E-state index is 12.1. The molecule has 2 rings (SSSR count). The SMILES string of the molecule is C[C@H](OC(=O)Cc1ccc(Cl)cc1Cl)C(=O)Nc1ccccc1C#N. The Hall–Kier alpha value is -2.55. The van der Waals surface area contributed by atoms with Crippen LogP contribution in [-0.4, -0.2) is 18.0 Å². The van der Waals surface area contributed by atoms with Gasteiger partial charge in [0.05, 0.1) is 17.7 Å². The van der Waals surface area contributed by atoms with E-state index < -0.39 is 18.0 Å². The predicted molar refractivity (Wildman–Crippen MR) is 95.5 cm³/mol. The second-order valence-corrected chi connectivity index (χ2v) is 6.03. The molecule has 0 bridgehead atoms. The van der Waals surface area contributed by atoms with Gasteiger partial charge in [-0.1, -0.05) is 41.4 Å². The standard InChI is InChI=1S/C18H14Cl2N2O3/c1-11(18(24)22-16-5-3-2-4-13(16)10-21)25-17(23)8-12-6-7-14(19)9-15(12)20/h2-7,9,11H,8H2,1H3,(H,22,24)/t11-/m0/s1. The highest BCUT2D eigenvalue weighted by atomic mass is 35.5. The topological polar surface area (TPSA) is 79.2 Å². The first-order valence-electron chi connectivity index (χ1n) is 7.34. The average Bonchev–Trinajstić information content (AvgIpc) is 2.57. The molecule has 1 atom stereocenters. The highest BCUT2D eigenvalue weighted by Crippen LogP contribution is 2.22. The first-order chi connectivity index (χ1) is 11.9. The van der Waals surface area contributed by atoms with Crippen molar-refractivity contribution >= 4 is 40.8 Å². The molecule has 128 valence electrons. The molecule has 25 heavy (non-hydrogen) atoms. The van der Waals surface area contributed by atoms with E-state index in [1.807, 2.05) is 6.07 Å². The van der Waals surface area contributed by atoms with E-state index in [1.165, 1.54) is 13.0 Å². The van der Waals surface area contributed by atoms with Gasteiger partial charge in [0.2, 0.25) is 0 Å². The van der Waals surface area contributed by atoms with Gasteiger partial charge in [-0.05, 0) is 36.8 Å². The van der Waals surface area contributed by atoms with Gasteiger partial charge in [-0.15, -0.1) is 0 Å². The number of para-hydroxylation sites is 1. The van der Waals surface area contributed by atoms with Gasteiger partial charge in [0.25, 0.3) is 5.91 Å². The van der Waals surface area contributed by atoms with Gasteiger partial charge < -0.3 is 10.1 Å². The van der Waals surface area contributed by atoms with Crippen LogP contribution in [0.15, 0.2) is 42.5 Å². The summed E-state index contributed by atoms with van der Waals surface area (Å²) in [6.07, 6.45) is -1.10. The molecule has 0 saturated heterocycles. The number of nitrogens with one attached hydrogen (secondary N) is 1. The summed E-state index contributed by atoms with van der Waals surface area (Å²) >= 11 is 11.8. The predicted octanol–water partition coefficient (Wildman–Crippen LogP) is 3.98. The molecule has 0 heterocycles. The van der Waals surface area contributed by atoms with Crippen LogP contribution in [0.2, 0.25) is 10.0 Å². The molecule has 5 nitrogen and oxygen atoms in total. The third kappa shape index (κ3) is 5.21. The molecule has 0 aliphatic heterocycles. The summed E-state index contributed by atoms with van der Waals surface area (Å²) in [6.45, 7) is 1.45. The number of carbonyl (C=O) groups is 2. The first kappa shape index (κ1) is 18.8. The third-order valence-electron chi connectivity index (χ3n) is 3.33. The van der Waals surface area contributed by atoms with E-state index in [-0.39, 0.29) is 6.42 Å². The summed E-state index contributed by atoms with van der Waals surface area (Å²) in [5.41, 5.74) is 1.24. The fourth-order valence-electron chi connectivity index (χ4n) is 2.04. The van der Waals surface area contributed by atoms with Crippen molar-refractivity contribution in [3.05, 3.63) is 63.6 Å². The lowest BCUT2D eigenvalue weighted by Gasteiger charge is -2.14. The van der Waals surface area contributed by atoms with Crippen molar-refractivity contribution in [2.75, 3.05) is 5.32 Å². The van der Waals surface area contributed by atoms with Gasteiger partial charge in [0.15, 0.2) is 6.10 Å². The number of rotatable bonds is 5. The van der Waals surface area contributed by atoms with E-state index in [4.69, 9.17) is 33.2 Å². The Labute approximate surface area is 155 Å². The number of carbonyl (C=O) groups excluding carboxylic acids is 2. The molecule has 0 saturated carbocycles. The molecule has 0 fully saturated rings. The Balaban J connectivity index is 1.96. The molecule has 0 aliphatic carbocycles. The highest BCUT2D eigenvalue weighted by molar-refractivity contribution is 6.35. The Bertz CT molecular complexity index is 846. The van der Waals surface area contributed by atoms with Crippen molar-refractivity contribution in [3.8, 4) is 6.07 Å². The summed E-state index contributed by atoms with van der Waals surface area (Å²) in [5.74, 6) is -1.13. The summed E-state index contributed by atoms with van der Waals surface area (Å²) in [7, 11) is 0. The molecule has 1 amide bonds. The zero-order chi connectivity index (χ0) is 18.4. The summed E-state index contributed by atoms with van der Waals surface area (Å²) in [4.78, 5) is 24.1. The highest BCUT2D eigenvalue weighted by Gasteiger charge is 2.19. The number of nitrogens with zero attached hydrogens (tertiary/aromatic N) is 1. The number of nitriles is 1. The number of halogens is 2. The van der Waals surface area contributed by atoms with E-state index in [9.17, 15) is 9.59 Å². The van der Waals surface area contributed by atoms with Crippen molar-refractivity contribution < 1.29 is 14.3 Å². The Morgan fingerprint density at radius 1 is 1.24 bits per heavy atom. The minimum absolute atomic E-state index is 0.0809. The van der Waals surface area contributed by atoms with Crippen LogP contribution in [0.3, 0.4) is 0 Å². The minimum atomic E-state index is -1.02. The number of anilines is 1. The molecular weight excluding hydrogens is 363 g/mol. The summed E-state index contributed by atoms with van der Waals surface area (Å²) in [6, 6.07) is 13.3. The van der Waals surface area contributed by atoms with Crippen molar-refractivity contribution in [1.29, 1.82) is 5.26 Å². The smallest absolute Gasteiger partial charge is 0.311 e. The number of amides is 1. The van der Waals surface area contributed by atoms with Crippen LogP contribution in [-0.2, 0) is 20.7 Å². The fraction of sp³-hybridized carbons (Fsp3) is 0.167. The van der Waals surface area contributed by atoms with Crippen LogP contribution in [0.4, 0.5) is 5.69 Å². The van der Waals surface area contributed by atoms with Crippen LogP contribution in [0.25, 0.3) is 0 Å². The van der Waals surface area contributed by atoms with Gasteiger partial charge in [-0.25, -0.2) is 0 Å². The van der Waals surface area contributed by atoms with E-state index in [0.717, 1.165) is 0 Å². The maximum Gasteiger partial charge on any atom is 0.311 e. The van der Waals surface area contributed by atoms with Crippen LogP contribution in [0, 0.1) is 11.3 Å². The van der Waals surface area contributed by atoms with Gasteiger partial charge in [-0.3, -0.25) is 9.59 Å². The summed E-state index contributed by atoms with van der Waals surface area (Å²) < 4.78 is 5.12. The van der Waals surface area contributed by atoms with E-state index in [0.29, 0.717) is 26.9 Å². The van der Waals surface area contributed by atoms with Crippen LogP contribution >= 0.6 is 23.2 Å². The number of ether oxygens (including phenoxy) is 1. The first-order valence-corrected chi connectivity index (χ1v) is 8.09. The van der Waals surface area contributed by atoms with Crippen molar-refractivity contribution in [3.63, 3.8) is 0 Å². The lowest BCUT2D eigenvalue weighted by atomic mass is 10.1. The van der Waals surface area contributed by atoms with Crippen LogP contribution < -0.4 is 5.32 Å². The van der Waals surface area contributed by atoms with Crippen molar-refractivity contribution in [2.24, 2.45) is 0 Å². The molecule has 7 heteroatoms. The van der Waals surface area contributed by atoms with Crippen LogP contribution in [0.5, 0.6) is 0 Å². The second kappa shape index (κ2) is 8.52. The molecule has 0 aromatic heterocycles. The molecular formula is C18H14Cl2N2O3. The largest absolute Gasteiger partial charge is 0.452 e. The van der Waals surface area contributed by atoms with Crippen LogP contribution in [0.1, 0.15) is 18.1 Å². The molecule has 0 spiro atoms. The monoisotopic (exact) mass is 376 g/mol. The quantitative estimate of drug-likeness (QED) is 0.800. The fourth-order valence-corrected chi connectivity index (χ4v) is 2.51. The average molecular weight is 377 g/mol. The van der Waals surface area contributed by atoms with E-state index in [2.05, 4.69) is 5.32 Å². The van der Waals surface area contributed by atoms with Gasteiger partial charge in [0.1, 0.15) is 6.07 Å². The number of esters is 1. The molecule has 0 aliphatic rings. The third-order valence-corrected chi connectivity index (χ3v) is 3.92. The Morgan fingerprint density at radius 3 is 2.64 bits per heavy atom. The van der Waals surface area contributed by atoms with E-state index >= 15 is 0 Å². The van der Waals surface area contributed by atoms with Gasteiger partial charge in [0, 0.05) is 10.0 Å². The molecule has 2 aromatic rings. The van der Waals surface area contributed by atoms with Gasteiger partial charge >= 0.3 is 5.97 Å². The zero-order valence-electron chi connectivity index (χ0n) is 13.3. The summed E-state index contributed by atoms with van der Waals surface area (Å²) in [5, 5.41) is 12.4. The maximum atomic E-state index is 12.1. The second-order valence-electron chi connectivity index (χ2n) is 5.19. The van der Waals surface area contributed by atoms with Crippen molar-refractivity contribution in [1.82, 2.24) is 0 Å². The van der Waals surface area contributed by atoms with Gasteiger partial charge in [-0.2, -0.15) is 5.26 Å². The number of benzene rings is 2. The van der Waals surface area contributed by atoms with Crippen molar-refractivity contribution in [2.45, 2.75) is 19.4 Å². The lowest BCUT2D eigenvalue weighted by molar-refractivity contribution is -0.152. The molecule has 0 unspecified atom stereocenters.